The highest BCUT2D eigenvalue weighted by molar-refractivity contribution is 5.79. The Bertz CT molecular complexity index is 939. The number of nitrogens with zero attached hydrogens (tertiary/aromatic N) is 3. The number of nitrogens with one attached hydrogen (secondary N) is 1. The first kappa shape index (κ1) is 17.6. The molecule has 1 aromatic carbocycles. The standard InChI is InChI=1S/C20H25N5O2/c1-26-17-8-7-13(11-18(17)27-2)14-12-22-25-10-9-19(24-20(14)25)23-16-6-4-3-5-15(16)21/h7-12,15-16H,3-6,21H2,1-2H3,(H,23,24)/t15-,16+/m1/s1. The van der Waals surface area contributed by atoms with Gasteiger partial charge in [0.2, 0.25) is 0 Å². The van der Waals surface area contributed by atoms with E-state index in [1.165, 1.54) is 12.8 Å². The summed E-state index contributed by atoms with van der Waals surface area (Å²) in [5.41, 5.74) is 8.97. The van der Waals surface area contributed by atoms with Crippen LogP contribution >= 0.6 is 0 Å². The van der Waals surface area contributed by atoms with Crippen LogP contribution in [-0.2, 0) is 0 Å². The number of ether oxygens (including phenoxy) is 2. The number of anilines is 1. The third kappa shape index (κ3) is 3.42. The highest BCUT2D eigenvalue weighted by Crippen LogP contribution is 2.33. The van der Waals surface area contributed by atoms with Crippen LogP contribution < -0.4 is 20.5 Å². The number of hydrogen-bond acceptors (Lipinski definition) is 6. The first-order chi connectivity index (χ1) is 13.2. The minimum Gasteiger partial charge on any atom is -0.493 e. The Kier molecular flexibility index (Phi) is 4.85. The molecule has 1 saturated carbocycles. The van der Waals surface area contributed by atoms with Crippen molar-refractivity contribution in [3.8, 4) is 22.6 Å². The molecule has 1 aliphatic carbocycles. The van der Waals surface area contributed by atoms with Crippen LogP contribution in [0.15, 0.2) is 36.7 Å². The molecule has 0 spiro atoms. The highest BCUT2D eigenvalue weighted by Gasteiger charge is 2.22. The summed E-state index contributed by atoms with van der Waals surface area (Å²) in [5.74, 6) is 2.20. The van der Waals surface area contributed by atoms with E-state index in [0.717, 1.165) is 35.4 Å². The molecule has 27 heavy (non-hydrogen) atoms. The Hall–Kier alpha value is -2.80. The molecule has 0 saturated heterocycles. The maximum Gasteiger partial charge on any atom is 0.165 e. The summed E-state index contributed by atoms with van der Waals surface area (Å²) in [5, 5.41) is 7.94. The van der Waals surface area contributed by atoms with Crippen molar-refractivity contribution in [1.82, 2.24) is 14.6 Å². The fraction of sp³-hybridized carbons (Fsp3) is 0.400. The number of aromatic nitrogens is 3. The third-order valence-corrected chi connectivity index (χ3v) is 5.22. The van der Waals surface area contributed by atoms with Gasteiger partial charge in [0.15, 0.2) is 17.1 Å². The number of rotatable bonds is 5. The van der Waals surface area contributed by atoms with Crippen molar-refractivity contribution in [3.63, 3.8) is 0 Å². The molecule has 3 N–H and O–H groups in total. The molecule has 3 aromatic rings. The van der Waals surface area contributed by atoms with Gasteiger partial charge in [-0.2, -0.15) is 5.10 Å². The van der Waals surface area contributed by atoms with Crippen LogP contribution in [0.1, 0.15) is 25.7 Å². The van der Waals surface area contributed by atoms with Crippen molar-refractivity contribution in [1.29, 1.82) is 0 Å². The quantitative estimate of drug-likeness (QED) is 0.721. The Morgan fingerprint density at radius 2 is 1.93 bits per heavy atom. The lowest BCUT2D eigenvalue weighted by atomic mass is 9.91. The van der Waals surface area contributed by atoms with Crippen LogP contribution in [0, 0.1) is 0 Å². The molecule has 2 atom stereocenters. The number of nitrogens with two attached hydrogens (primary N) is 1. The first-order valence-corrected chi connectivity index (χ1v) is 9.28. The molecule has 0 unspecified atom stereocenters. The van der Waals surface area contributed by atoms with E-state index in [1.807, 2.05) is 36.7 Å². The predicted octanol–water partition coefficient (Wildman–Crippen LogP) is 3.10. The van der Waals surface area contributed by atoms with Gasteiger partial charge in [-0.15, -0.1) is 0 Å². The van der Waals surface area contributed by atoms with E-state index in [0.29, 0.717) is 11.5 Å². The third-order valence-electron chi connectivity index (χ3n) is 5.22. The zero-order valence-corrected chi connectivity index (χ0v) is 15.7. The van der Waals surface area contributed by atoms with E-state index < -0.39 is 0 Å². The van der Waals surface area contributed by atoms with E-state index >= 15 is 0 Å². The lowest BCUT2D eigenvalue weighted by molar-refractivity contribution is 0.355. The molecule has 1 aliphatic rings. The van der Waals surface area contributed by atoms with Crippen molar-refractivity contribution >= 4 is 11.5 Å². The zero-order chi connectivity index (χ0) is 18.8. The van der Waals surface area contributed by atoms with Gasteiger partial charge in [0, 0.05) is 23.8 Å². The number of benzene rings is 1. The van der Waals surface area contributed by atoms with Crippen LogP contribution in [0.5, 0.6) is 11.5 Å². The Morgan fingerprint density at radius 1 is 1.11 bits per heavy atom. The van der Waals surface area contributed by atoms with Gasteiger partial charge in [0.05, 0.1) is 20.4 Å². The minimum atomic E-state index is 0.173. The van der Waals surface area contributed by atoms with Gasteiger partial charge in [-0.1, -0.05) is 18.9 Å². The average molecular weight is 367 g/mol. The van der Waals surface area contributed by atoms with Gasteiger partial charge in [0.1, 0.15) is 5.82 Å². The molecular formula is C20H25N5O2. The minimum absolute atomic E-state index is 0.173. The average Bonchev–Trinajstić information content (AvgIpc) is 3.12. The van der Waals surface area contributed by atoms with E-state index in [4.69, 9.17) is 20.2 Å². The SMILES string of the molecule is COc1ccc(-c2cnn3ccc(N[C@H]4CCCC[C@H]4N)nc23)cc1OC. The Balaban J connectivity index is 1.68. The molecule has 0 radical (unpaired) electrons. The second-order valence-corrected chi connectivity index (χ2v) is 6.91. The molecule has 2 aromatic heterocycles. The van der Waals surface area contributed by atoms with Gasteiger partial charge in [-0.3, -0.25) is 0 Å². The summed E-state index contributed by atoms with van der Waals surface area (Å²) in [7, 11) is 3.26. The Labute approximate surface area is 158 Å². The molecule has 4 rings (SSSR count). The van der Waals surface area contributed by atoms with Gasteiger partial charge in [-0.25, -0.2) is 9.50 Å². The van der Waals surface area contributed by atoms with Crippen LogP contribution in [0.2, 0.25) is 0 Å². The van der Waals surface area contributed by atoms with E-state index in [2.05, 4.69) is 10.4 Å². The number of methoxy groups -OCH3 is 2. The molecule has 0 bridgehead atoms. The van der Waals surface area contributed by atoms with Crippen molar-refractivity contribution in [3.05, 3.63) is 36.7 Å². The lowest BCUT2D eigenvalue weighted by Crippen LogP contribution is -2.42. The smallest absolute Gasteiger partial charge is 0.165 e. The van der Waals surface area contributed by atoms with Crippen LogP contribution in [0.3, 0.4) is 0 Å². The highest BCUT2D eigenvalue weighted by atomic mass is 16.5. The van der Waals surface area contributed by atoms with Gasteiger partial charge in [0.25, 0.3) is 0 Å². The molecule has 2 heterocycles. The summed E-state index contributed by atoms with van der Waals surface area (Å²) >= 11 is 0. The topological polar surface area (TPSA) is 86.7 Å². The van der Waals surface area contributed by atoms with E-state index in [9.17, 15) is 0 Å². The van der Waals surface area contributed by atoms with Crippen LogP contribution in [-0.4, -0.2) is 40.9 Å². The molecule has 142 valence electrons. The molecule has 0 amide bonds. The van der Waals surface area contributed by atoms with Crippen molar-refractivity contribution < 1.29 is 9.47 Å². The fourth-order valence-corrected chi connectivity index (χ4v) is 3.69. The van der Waals surface area contributed by atoms with E-state index in [1.54, 1.807) is 18.7 Å². The summed E-state index contributed by atoms with van der Waals surface area (Å²) in [4.78, 5) is 4.80. The predicted molar refractivity (Wildman–Crippen MR) is 105 cm³/mol. The second-order valence-electron chi connectivity index (χ2n) is 6.91. The monoisotopic (exact) mass is 367 g/mol. The zero-order valence-electron chi connectivity index (χ0n) is 15.7. The van der Waals surface area contributed by atoms with Crippen molar-refractivity contribution in [2.24, 2.45) is 5.73 Å². The summed E-state index contributed by atoms with van der Waals surface area (Å²) < 4.78 is 12.5. The van der Waals surface area contributed by atoms with Crippen LogP contribution in [0.4, 0.5) is 5.82 Å². The normalized spacial score (nSPS) is 19.8. The van der Waals surface area contributed by atoms with Crippen molar-refractivity contribution in [2.75, 3.05) is 19.5 Å². The van der Waals surface area contributed by atoms with Gasteiger partial charge in [-0.05, 0) is 36.6 Å². The first-order valence-electron chi connectivity index (χ1n) is 9.28. The molecule has 0 aliphatic heterocycles. The molecule has 1 fully saturated rings. The largest absolute Gasteiger partial charge is 0.493 e. The maximum absolute atomic E-state index is 6.27. The summed E-state index contributed by atoms with van der Waals surface area (Å²) in [6, 6.07) is 8.19. The van der Waals surface area contributed by atoms with Crippen LogP contribution in [0.25, 0.3) is 16.8 Å². The number of hydrogen-bond donors (Lipinski definition) is 2. The second kappa shape index (κ2) is 7.44. The lowest BCUT2D eigenvalue weighted by Gasteiger charge is -2.29. The van der Waals surface area contributed by atoms with Crippen molar-refractivity contribution in [2.45, 2.75) is 37.8 Å². The molecule has 7 heteroatoms. The Morgan fingerprint density at radius 3 is 2.70 bits per heavy atom. The molecule has 7 nitrogen and oxygen atoms in total. The maximum atomic E-state index is 6.27. The summed E-state index contributed by atoms with van der Waals surface area (Å²) in [6.45, 7) is 0. The fourth-order valence-electron chi connectivity index (χ4n) is 3.69. The van der Waals surface area contributed by atoms with Gasteiger partial charge >= 0.3 is 0 Å². The van der Waals surface area contributed by atoms with E-state index in [-0.39, 0.29) is 12.1 Å². The van der Waals surface area contributed by atoms with Gasteiger partial charge < -0.3 is 20.5 Å². The summed E-state index contributed by atoms with van der Waals surface area (Å²) in [6.07, 6.45) is 8.29. The number of fused-ring (bicyclic) bond motifs is 1. The molecular weight excluding hydrogens is 342 g/mol.